The Morgan fingerprint density at radius 2 is 2.04 bits per heavy atom. The van der Waals surface area contributed by atoms with Crippen LogP contribution in [0.3, 0.4) is 0 Å². The van der Waals surface area contributed by atoms with Gasteiger partial charge in [0.15, 0.2) is 5.41 Å². The molecule has 1 fully saturated rings. The van der Waals surface area contributed by atoms with Crippen molar-refractivity contribution in [3.05, 3.63) is 45.3 Å². The molecule has 3 heterocycles. The van der Waals surface area contributed by atoms with Crippen molar-refractivity contribution in [3.63, 3.8) is 0 Å². The molecule has 0 radical (unpaired) electrons. The van der Waals surface area contributed by atoms with E-state index in [0.29, 0.717) is 11.6 Å². The van der Waals surface area contributed by atoms with Gasteiger partial charge in [0.1, 0.15) is 6.07 Å². The minimum atomic E-state index is -1.51. The summed E-state index contributed by atoms with van der Waals surface area (Å²) < 4.78 is 0. The number of nitrogens with zero attached hydrogens (tertiary/aromatic N) is 4. The van der Waals surface area contributed by atoms with Crippen molar-refractivity contribution in [1.29, 1.82) is 15.8 Å². The quantitative estimate of drug-likeness (QED) is 0.841. The molecule has 0 amide bonds. The van der Waals surface area contributed by atoms with Crippen LogP contribution < -0.4 is 5.73 Å². The van der Waals surface area contributed by atoms with Gasteiger partial charge in [0, 0.05) is 28.8 Å². The zero-order valence-electron chi connectivity index (χ0n) is 13.8. The van der Waals surface area contributed by atoms with Crippen molar-refractivity contribution in [1.82, 2.24) is 4.90 Å². The molecular weight excluding hydrogens is 330 g/mol. The molecule has 2 bridgehead atoms. The summed E-state index contributed by atoms with van der Waals surface area (Å²) in [4.78, 5) is 3.31. The fourth-order valence-corrected chi connectivity index (χ4v) is 5.80. The fourth-order valence-electron chi connectivity index (χ4n) is 4.86. The minimum Gasteiger partial charge on any atom is -0.399 e. The summed E-state index contributed by atoms with van der Waals surface area (Å²) in [5, 5.41) is 31.7. The van der Waals surface area contributed by atoms with Crippen molar-refractivity contribution >= 4 is 11.3 Å². The lowest BCUT2D eigenvalue weighted by Crippen LogP contribution is -2.51. The molecule has 2 aliphatic heterocycles. The Labute approximate surface area is 150 Å². The number of likely N-dealkylation sites (N-methyl/N-ethyl adjacent to an activating group) is 1. The Hall–Kier alpha value is -2.59. The lowest BCUT2D eigenvalue weighted by atomic mass is 9.58. The van der Waals surface area contributed by atoms with Gasteiger partial charge in [-0.3, -0.25) is 4.90 Å². The van der Waals surface area contributed by atoms with Gasteiger partial charge in [0.05, 0.1) is 23.4 Å². The number of hydrogen-bond acceptors (Lipinski definition) is 6. The number of thiophene rings is 1. The molecule has 0 aromatic carbocycles. The summed E-state index contributed by atoms with van der Waals surface area (Å²) in [5.74, 6) is -0.416. The van der Waals surface area contributed by atoms with Crippen LogP contribution >= 0.6 is 11.3 Å². The van der Waals surface area contributed by atoms with Gasteiger partial charge < -0.3 is 5.73 Å². The predicted molar refractivity (Wildman–Crippen MR) is 93.7 cm³/mol. The molecule has 1 aromatic rings. The summed E-state index contributed by atoms with van der Waals surface area (Å²) in [5.41, 5.74) is 6.19. The van der Waals surface area contributed by atoms with E-state index >= 15 is 0 Å². The van der Waals surface area contributed by atoms with Gasteiger partial charge in [-0.25, -0.2) is 0 Å². The summed E-state index contributed by atoms with van der Waals surface area (Å²) in [6.07, 6.45) is 4.17. The van der Waals surface area contributed by atoms with Gasteiger partial charge in [-0.2, -0.15) is 15.8 Å². The molecule has 124 valence electrons. The molecule has 25 heavy (non-hydrogen) atoms. The molecule has 1 aromatic heterocycles. The van der Waals surface area contributed by atoms with Crippen molar-refractivity contribution in [2.45, 2.75) is 30.8 Å². The highest BCUT2D eigenvalue weighted by Gasteiger charge is 2.58. The second-order valence-corrected chi connectivity index (χ2v) is 7.93. The van der Waals surface area contributed by atoms with Crippen molar-refractivity contribution < 1.29 is 0 Å². The molecular formula is C19H17N5S. The zero-order chi connectivity index (χ0) is 17.8. The van der Waals surface area contributed by atoms with Crippen LogP contribution in [0.15, 0.2) is 40.4 Å². The Balaban J connectivity index is 2.05. The molecule has 2 N–H and O–H groups in total. The van der Waals surface area contributed by atoms with Crippen molar-refractivity contribution in [2.75, 3.05) is 7.05 Å². The van der Waals surface area contributed by atoms with Crippen LogP contribution in [0.1, 0.15) is 23.6 Å². The molecule has 0 saturated carbocycles. The first-order valence-electron chi connectivity index (χ1n) is 8.29. The van der Waals surface area contributed by atoms with E-state index in [0.717, 1.165) is 23.3 Å². The van der Waals surface area contributed by atoms with Crippen molar-refractivity contribution in [2.24, 2.45) is 17.1 Å². The lowest BCUT2D eigenvalue weighted by Gasteiger charge is -2.47. The van der Waals surface area contributed by atoms with Gasteiger partial charge >= 0.3 is 0 Å². The molecule has 5 nitrogen and oxygen atoms in total. The maximum absolute atomic E-state index is 10.00. The summed E-state index contributed by atoms with van der Waals surface area (Å²) in [6, 6.07) is 11.0. The minimum absolute atomic E-state index is 0.0661. The Morgan fingerprint density at radius 1 is 1.28 bits per heavy atom. The smallest absolute Gasteiger partial charge is 0.192 e. The van der Waals surface area contributed by atoms with E-state index in [1.165, 1.54) is 0 Å². The van der Waals surface area contributed by atoms with E-state index in [4.69, 9.17) is 5.73 Å². The summed E-state index contributed by atoms with van der Waals surface area (Å²) in [7, 11) is 2.09. The average molecular weight is 347 g/mol. The van der Waals surface area contributed by atoms with E-state index < -0.39 is 5.41 Å². The van der Waals surface area contributed by atoms with E-state index in [2.05, 4.69) is 36.2 Å². The second kappa shape index (κ2) is 5.46. The van der Waals surface area contributed by atoms with E-state index in [-0.39, 0.29) is 23.6 Å². The van der Waals surface area contributed by atoms with Crippen LogP contribution in [0.25, 0.3) is 0 Å². The first-order valence-corrected chi connectivity index (χ1v) is 9.17. The van der Waals surface area contributed by atoms with Crippen LogP contribution in [-0.4, -0.2) is 24.0 Å². The highest BCUT2D eigenvalue weighted by Crippen LogP contribution is 2.58. The standard InChI is InChI=1S/C19H17N5S/c1-24-11-4-5-14(24)16-12(7-11)13(8-20)18(23)19(9-21,10-22)17(16)15-3-2-6-25-15/h2-3,6-7,11,14,16-17H,4-5,23H2,1H3/t11-,14-,16+,17-/m1/s1. The summed E-state index contributed by atoms with van der Waals surface area (Å²) >= 11 is 1.55. The maximum Gasteiger partial charge on any atom is 0.192 e. The van der Waals surface area contributed by atoms with E-state index in [1.807, 2.05) is 17.5 Å². The molecule has 4 atom stereocenters. The average Bonchev–Trinajstić information content (AvgIpc) is 3.21. The highest BCUT2D eigenvalue weighted by molar-refractivity contribution is 7.10. The van der Waals surface area contributed by atoms with Crippen LogP contribution in [0.2, 0.25) is 0 Å². The topological polar surface area (TPSA) is 101 Å². The van der Waals surface area contributed by atoms with Crippen molar-refractivity contribution in [3.8, 4) is 18.2 Å². The fraction of sp³-hybridized carbons (Fsp3) is 0.421. The van der Waals surface area contributed by atoms with Crippen LogP contribution in [0.5, 0.6) is 0 Å². The summed E-state index contributed by atoms with van der Waals surface area (Å²) in [6.45, 7) is 0. The van der Waals surface area contributed by atoms with Crippen LogP contribution in [0, 0.1) is 45.3 Å². The monoisotopic (exact) mass is 347 g/mol. The second-order valence-electron chi connectivity index (χ2n) is 6.95. The molecule has 1 aliphatic carbocycles. The normalized spacial score (nSPS) is 33.0. The number of fused-ring (bicyclic) bond motifs is 4. The Morgan fingerprint density at radius 3 is 2.64 bits per heavy atom. The third-order valence-corrected chi connectivity index (χ3v) is 7.03. The van der Waals surface area contributed by atoms with E-state index in [9.17, 15) is 15.8 Å². The van der Waals surface area contributed by atoms with Crippen LogP contribution in [0.4, 0.5) is 0 Å². The third-order valence-electron chi connectivity index (χ3n) is 6.07. The number of nitrogens with two attached hydrogens (primary N) is 1. The lowest BCUT2D eigenvalue weighted by molar-refractivity contribution is 0.162. The molecule has 0 spiro atoms. The zero-order valence-corrected chi connectivity index (χ0v) is 14.6. The number of rotatable bonds is 1. The highest BCUT2D eigenvalue weighted by atomic mass is 32.1. The molecule has 0 unspecified atom stereocenters. The SMILES string of the molecule is CN1[C@@H]2CC[C@@H]1C=C1C(C#N)=C(N)C(C#N)(C#N)[C@H](c3cccs3)[C@@H]12. The first-order chi connectivity index (χ1) is 12.1. The third kappa shape index (κ3) is 1.89. The van der Waals surface area contributed by atoms with Gasteiger partial charge in [-0.1, -0.05) is 12.1 Å². The molecule has 6 heteroatoms. The Bertz CT molecular complexity index is 891. The van der Waals surface area contributed by atoms with Crippen LogP contribution in [-0.2, 0) is 0 Å². The Kier molecular flexibility index (Phi) is 3.48. The predicted octanol–water partition coefficient (Wildman–Crippen LogP) is 2.63. The number of allylic oxidation sites excluding steroid dienone is 2. The van der Waals surface area contributed by atoms with E-state index in [1.54, 1.807) is 11.3 Å². The largest absolute Gasteiger partial charge is 0.399 e. The van der Waals surface area contributed by atoms with Gasteiger partial charge in [0.2, 0.25) is 0 Å². The number of hydrogen-bond donors (Lipinski definition) is 1. The number of nitriles is 3. The molecule has 4 rings (SSSR count). The van der Waals surface area contributed by atoms with Gasteiger partial charge in [0.25, 0.3) is 0 Å². The van der Waals surface area contributed by atoms with Gasteiger partial charge in [-0.15, -0.1) is 11.3 Å². The van der Waals surface area contributed by atoms with Gasteiger partial charge in [-0.05, 0) is 36.9 Å². The first kappa shape index (κ1) is 15.9. The molecule has 3 aliphatic rings. The maximum atomic E-state index is 10.00. The molecule has 1 saturated heterocycles.